The highest BCUT2D eigenvalue weighted by atomic mass is 16.5. The molecule has 0 aromatic carbocycles. The van der Waals surface area contributed by atoms with Crippen LogP contribution < -0.4 is 10.1 Å². The zero-order chi connectivity index (χ0) is 9.26. The van der Waals surface area contributed by atoms with E-state index in [1.54, 1.807) is 19.5 Å². The lowest BCUT2D eigenvalue weighted by Gasteiger charge is -2.17. The Kier molecular flexibility index (Phi) is 1.88. The Labute approximate surface area is 75.9 Å². The van der Waals surface area contributed by atoms with E-state index in [-0.39, 0.29) is 5.91 Å². The van der Waals surface area contributed by atoms with Crippen LogP contribution in [0.2, 0.25) is 0 Å². The van der Waals surface area contributed by atoms with Gasteiger partial charge in [-0.1, -0.05) is 0 Å². The van der Waals surface area contributed by atoms with Crippen LogP contribution in [-0.4, -0.2) is 24.5 Å². The topological polar surface area (TPSA) is 51.2 Å². The zero-order valence-electron chi connectivity index (χ0n) is 7.33. The molecule has 0 radical (unpaired) electrons. The van der Waals surface area contributed by atoms with Crippen molar-refractivity contribution in [2.75, 3.05) is 13.7 Å². The molecule has 1 aliphatic heterocycles. The molecule has 1 N–H and O–H groups in total. The van der Waals surface area contributed by atoms with Gasteiger partial charge in [-0.3, -0.25) is 9.78 Å². The number of nitrogens with zero attached hydrogens (tertiary/aromatic N) is 1. The summed E-state index contributed by atoms with van der Waals surface area (Å²) < 4.78 is 5.06. The summed E-state index contributed by atoms with van der Waals surface area (Å²) in [4.78, 5) is 15.4. The fourth-order valence-corrected chi connectivity index (χ4v) is 1.48. The Bertz CT molecular complexity index is 335. The molecule has 2 rings (SSSR count). The number of aromatic nitrogens is 1. The third-order valence-electron chi connectivity index (χ3n) is 2.12. The van der Waals surface area contributed by atoms with E-state index in [0.717, 1.165) is 12.0 Å². The van der Waals surface area contributed by atoms with Crippen LogP contribution in [0.3, 0.4) is 0 Å². The minimum Gasteiger partial charge on any atom is -0.494 e. The zero-order valence-corrected chi connectivity index (χ0v) is 7.33. The third-order valence-corrected chi connectivity index (χ3v) is 2.12. The third kappa shape index (κ3) is 1.24. The first-order valence-electron chi connectivity index (χ1n) is 4.12. The highest BCUT2D eigenvalue weighted by Crippen LogP contribution is 2.22. The van der Waals surface area contributed by atoms with Crippen molar-refractivity contribution in [2.24, 2.45) is 0 Å². The molecule has 13 heavy (non-hydrogen) atoms. The minimum absolute atomic E-state index is 0.0690. The van der Waals surface area contributed by atoms with Crippen LogP contribution in [0.25, 0.3) is 0 Å². The van der Waals surface area contributed by atoms with E-state index in [0.29, 0.717) is 17.9 Å². The molecule has 0 bridgehead atoms. The van der Waals surface area contributed by atoms with Gasteiger partial charge >= 0.3 is 0 Å². The van der Waals surface area contributed by atoms with Crippen LogP contribution in [0.1, 0.15) is 15.9 Å². The number of fused-ring (bicyclic) bond motifs is 1. The maximum Gasteiger partial charge on any atom is 0.255 e. The van der Waals surface area contributed by atoms with Gasteiger partial charge < -0.3 is 10.1 Å². The number of carbonyl (C=O) groups is 1. The van der Waals surface area contributed by atoms with Gasteiger partial charge in [0.1, 0.15) is 5.75 Å². The number of rotatable bonds is 1. The summed E-state index contributed by atoms with van der Waals surface area (Å²) in [5, 5.41) is 2.77. The number of hydrogen-bond acceptors (Lipinski definition) is 3. The minimum atomic E-state index is -0.0690. The van der Waals surface area contributed by atoms with Gasteiger partial charge in [0.05, 0.1) is 18.9 Å². The molecule has 0 spiro atoms. The maximum absolute atomic E-state index is 11.4. The molecular formula is C9H10N2O2. The molecule has 0 unspecified atom stereocenters. The first-order chi connectivity index (χ1) is 6.33. The monoisotopic (exact) mass is 178 g/mol. The lowest BCUT2D eigenvalue weighted by Crippen LogP contribution is -2.32. The summed E-state index contributed by atoms with van der Waals surface area (Å²) in [5.41, 5.74) is 1.59. The van der Waals surface area contributed by atoms with Crippen molar-refractivity contribution >= 4 is 5.91 Å². The largest absolute Gasteiger partial charge is 0.494 e. The fourth-order valence-electron chi connectivity index (χ4n) is 1.48. The summed E-state index contributed by atoms with van der Waals surface area (Å²) in [6.45, 7) is 0.681. The number of amides is 1. The van der Waals surface area contributed by atoms with Crippen molar-refractivity contribution in [3.63, 3.8) is 0 Å². The summed E-state index contributed by atoms with van der Waals surface area (Å²) in [6.07, 6.45) is 4.10. The van der Waals surface area contributed by atoms with Crippen molar-refractivity contribution in [3.05, 3.63) is 23.5 Å². The van der Waals surface area contributed by atoms with Crippen molar-refractivity contribution in [3.8, 4) is 5.75 Å². The first kappa shape index (κ1) is 8.04. The average Bonchev–Trinajstić information content (AvgIpc) is 2.17. The van der Waals surface area contributed by atoms with Crippen LogP contribution >= 0.6 is 0 Å². The number of hydrogen-bond donors (Lipinski definition) is 1. The number of ether oxygens (including phenoxy) is 1. The Morgan fingerprint density at radius 2 is 2.38 bits per heavy atom. The van der Waals surface area contributed by atoms with Gasteiger partial charge in [-0.2, -0.15) is 0 Å². The van der Waals surface area contributed by atoms with E-state index in [4.69, 9.17) is 4.74 Å². The molecule has 1 amide bonds. The van der Waals surface area contributed by atoms with Crippen LogP contribution in [0, 0.1) is 0 Å². The fraction of sp³-hybridized carbons (Fsp3) is 0.333. The number of nitrogens with one attached hydrogen (secondary N) is 1. The highest BCUT2D eigenvalue weighted by molar-refractivity contribution is 5.99. The Morgan fingerprint density at radius 1 is 1.54 bits per heavy atom. The van der Waals surface area contributed by atoms with Gasteiger partial charge in [0.15, 0.2) is 0 Å². The second kappa shape index (κ2) is 3.05. The second-order valence-electron chi connectivity index (χ2n) is 2.88. The van der Waals surface area contributed by atoms with Crippen LogP contribution in [0.15, 0.2) is 12.4 Å². The standard InChI is InChI=1S/C9H10N2O2/c1-13-7-5-10-4-6-2-3-11-9(12)8(6)7/h4-5H,2-3H2,1H3,(H,11,12). The molecule has 0 aliphatic carbocycles. The van der Waals surface area contributed by atoms with Gasteiger partial charge in [0.25, 0.3) is 5.91 Å². The maximum atomic E-state index is 11.4. The van der Waals surface area contributed by atoms with Crippen molar-refractivity contribution in [1.29, 1.82) is 0 Å². The normalized spacial score (nSPS) is 14.7. The SMILES string of the molecule is COc1cncc2c1C(=O)NCC2. The molecule has 2 heterocycles. The van der Waals surface area contributed by atoms with Gasteiger partial charge in [-0.25, -0.2) is 0 Å². The van der Waals surface area contributed by atoms with E-state index in [2.05, 4.69) is 10.3 Å². The van der Waals surface area contributed by atoms with E-state index >= 15 is 0 Å². The molecule has 4 nitrogen and oxygen atoms in total. The predicted molar refractivity (Wildman–Crippen MR) is 46.8 cm³/mol. The Balaban J connectivity index is 2.56. The van der Waals surface area contributed by atoms with E-state index < -0.39 is 0 Å². The van der Waals surface area contributed by atoms with Crippen molar-refractivity contribution in [1.82, 2.24) is 10.3 Å². The molecule has 1 aromatic heterocycles. The van der Waals surface area contributed by atoms with Gasteiger partial charge in [-0.05, 0) is 12.0 Å². The Hall–Kier alpha value is -1.58. The molecule has 1 aromatic rings. The van der Waals surface area contributed by atoms with E-state index in [1.807, 2.05) is 0 Å². The van der Waals surface area contributed by atoms with Crippen LogP contribution in [0.4, 0.5) is 0 Å². The molecule has 0 saturated heterocycles. The predicted octanol–water partition coefficient (Wildman–Crippen LogP) is 0.376. The quantitative estimate of drug-likeness (QED) is 0.676. The summed E-state index contributed by atoms with van der Waals surface area (Å²) >= 11 is 0. The van der Waals surface area contributed by atoms with Gasteiger partial charge in [0.2, 0.25) is 0 Å². The first-order valence-corrected chi connectivity index (χ1v) is 4.12. The van der Waals surface area contributed by atoms with Crippen LogP contribution in [-0.2, 0) is 6.42 Å². The summed E-state index contributed by atoms with van der Waals surface area (Å²) in [7, 11) is 1.54. The molecule has 68 valence electrons. The summed E-state index contributed by atoms with van der Waals surface area (Å²) in [6, 6.07) is 0. The van der Waals surface area contributed by atoms with E-state index in [1.165, 1.54) is 0 Å². The lowest BCUT2D eigenvalue weighted by molar-refractivity contribution is 0.0942. The van der Waals surface area contributed by atoms with Crippen LogP contribution in [0.5, 0.6) is 5.75 Å². The lowest BCUT2D eigenvalue weighted by atomic mass is 10.0. The number of methoxy groups -OCH3 is 1. The smallest absolute Gasteiger partial charge is 0.255 e. The van der Waals surface area contributed by atoms with E-state index in [9.17, 15) is 4.79 Å². The number of pyridine rings is 1. The molecule has 0 saturated carbocycles. The molecule has 4 heteroatoms. The van der Waals surface area contributed by atoms with Gasteiger partial charge in [0, 0.05) is 12.7 Å². The van der Waals surface area contributed by atoms with Gasteiger partial charge in [-0.15, -0.1) is 0 Å². The van der Waals surface area contributed by atoms with Crippen molar-refractivity contribution < 1.29 is 9.53 Å². The number of carbonyl (C=O) groups excluding carboxylic acids is 1. The molecule has 1 aliphatic rings. The van der Waals surface area contributed by atoms with Crippen molar-refractivity contribution in [2.45, 2.75) is 6.42 Å². The molecule has 0 atom stereocenters. The average molecular weight is 178 g/mol. The molecular weight excluding hydrogens is 168 g/mol. The molecule has 0 fully saturated rings. The Morgan fingerprint density at radius 3 is 3.15 bits per heavy atom. The summed E-state index contributed by atoms with van der Waals surface area (Å²) in [5.74, 6) is 0.482. The second-order valence-corrected chi connectivity index (χ2v) is 2.88. The highest BCUT2D eigenvalue weighted by Gasteiger charge is 2.20.